The summed E-state index contributed by atoms with van der Waals surface area (Å²) in [6, 6.07) is 13.7. The fourth-order valence-electron chi connectivity index (χ4n) is 6.25. The highest BCUT2D eigenvalue weighted by Gasteiger charge is 2.68. The van der Waals surface area contributed by atoms with Gasteiger partial charge >= 0.3 is 5.97 Å². The normalized spacial score (nSPS) is 22.1. The number of rotatable bonds is 7. The third kappa shape index (κ3) is 4.58. The Morgan fingerprint density at radius 3 is 2.62 bits per heavy atom. The molecular weight excluding hydrogens is 469 g/mol. The number of hydrogen-bond acceptors (Lipinski definition) is 4. The van der Waals surface area contributed by atoms with Crippen molar-refractivity contribution in [1.29, 1.82) is 0 Å². The first kappa shape index (κ1) is 25.2. The number of carboxylic acids is 1. The molecule has 2 aliphatic carbocycles. The average Bonchev–Trinajstić information content (AvgIpc) is 3.27. The van der Waals surface area contributed by atoms with Gasteiger partial charge in [-0.2, -0.15) is 0 Å². The zero-order valence-corrected chi connectivity index (χ0v) is 22.1. The summed E-state index contributed by atoms with van der Waals surface area (Å²) < 4.78 is 26.2. The van der Waals surface area contributed by atoms with Crippen LogP contribution in [0.15, 0.2) is 48.7 Å². The molecule has 5 rings (SSSR count). The van der Waals surface area contributed by atoms with Crippen LogP contribution < -0.4 is 9.47 Å². The molecule has 1 N–H and O–H groups in total. The first-order valence-corrected chi connectivity index (χ1v) is 12.8. The number of hydrogen-bond donors (Lipinski definition) is 1. The molecule has 3 atom stereocenters. The standard InChI is InChI=1S/C31H34FNO4/c1-18-28(29(34)35)31(18)11-10-20-7-8-22(13-25(20)31)37-17-19-6-9-23(21(12-19)15-30(2,3)4)24-14-27(36-5)33-16-26(24)32/h6-9,12-14,16,18,28H,10-11,15,17H2,1-5H3,(H,34,35). The lowest BCUT2D eigenvalue weighted by Crippen LogP contribution is -2.12. The van der Waals surface area contributed by atoms with Crippen molar-refractivity contribution in [2.45, 2.75) is 59.0 Å². The summed E-state index contributed by atoms with van der Waals surface area (Å²) in [5, 5.41) is 9.69. The summed E-state index contributed by atoms with van der Waals surface area (Å²) in [5.41, 5.74) is 5.42. The second-order valence-corrected chi connectivity index (χ2v) is 11.7. The van der Waals surface area contributed by atoms with Crippen molar-refractivity contribution < 1.29 is 23.8 Å². The predicted molar refractivity (Wildman–Crippen MR) is 140 cm³/mol. The fourth-order valence-corrected chi connectivity index (χ4v) is 6.25. The fraction of sp³-hybridized carbons (Fsp3) is 0.419. The third-order valence-electron chi connectivity index (χ3n) is 8.04. The molecule has 0 amide bonds. The van der Waals surface area contributed by atoms with E-state index in [0.29, 0.717) is 18.1 Å². The number of nitrogens with zero attached hydrogens (tertiary/aromatic N) is 1. The maximum absolute atomic E-state index is 14.8. The molecule has 0 radical (unpaired) electrons. The number of methoxy groups -OCH3 is 1. The van der Waals surface area contributed by atoms with Crippen LogP contribution in [0.4, 0.5) is 4.39 Å². The van der Waals surface area contributed by atoms with Gasteiger partial charge in [-0.3, -0.25) is 4.79 Å². The van der Waals surface area contributed by atoms with E-state index in [0.717, 1.165) is 47.3 Å². The zero-order chi connectivity index (χ0) is 26.5. The number of aryl methyl sites for hydroxylation is 1. The maximum Gasteiger partial charge on any atom is 0.307 e. The van der Waals surface area contributed by atoms with Crippen LogP contribution in [0, 0.1) is 23.1 Å². The Labute approximate surface area is 217 Å². The van der Waals surface area contributed by atoms with Crippen molar-refractivity contribution in [2.75, 3.05) is 7.11 Å². The summed E-state index contributed by atoms with van der Waals surface area (Å²) in [5.74, 6) is -0.156. The minimum atomic E-state index is -0.707. The molecule has 194 valence electrons. The van der Waals surface area contributed by atoms with E-state index in [2.05, 4.69) is 37.9 Å². The molecule has 2 aliphatic rings. The highest BCUT2D eigenvalue weighted by Crippen LogP contribution is 2.66. The molecule has 0 aliphatic heterocycles. The molecule has 3 aromatic rings. The third-order valence-corrected chi connectivity index (χ3v) is 8.04. The molecule has 2 aromatic carbocycles. The molecule has 1 fully saturated rings. The largest absolute Gasteiger partial charge is 0.489 e. The molecule has 0 saturated heterocycles. The van der Waals surface area contributed by atoms with E-state index in [1.807, 2.05) is 31.2 Å². The van der Waals surface area contributed by atoms with Crippen LogP contribution in [-0.4, -0.2) is 23.2 Å². The Kier molecular flexibility index (Phi) is 6.25. The van der Waals surface area contributed by atoms with Gasteiger partial charge in [-0.1, -0.05) is 52.0 Å². The highest BCUT2D eigenvalue weighted by atomic mass is 19.1. The summed E-state index contributed by atoms with van der Waals surface area (Å²) in [4.78, 5) is 15.8. The van der Waals surface area contributed by atoms with Crippen molar-refractivity contribution in [3.05, 3.63) is 76.7 Å². The SMILES string of the molecule is COc1cc(-c2ccc(COc3ccc4c(c3)C3(CC4)C(C)C3C(=O)O)cc2CC(C)(C)C)c(F)cn1. The highest BCUT2D eigenvalue weighted by molar-refractivity contribution is 5.79. The minimum absolute atomic E-state index is 0.00222. The number of benzene rings is 2. The number of halogens is 1. The molecule has 3 unspecified atom stereocenters. The summed E-state index contributed by atoms with van der Waals surface area (Å²) in [6.45, 7) is 8.89. The number of aromatic nitrogens is 1. The van der Waals surface area contributed by atoms with Gasteiger partial charge in [-0.25, -0.2) is 9.37 Å². The quantitative estimate of drug-likeness (QED) is 0.394. The van der Waals surface area contributed by atoms with E-state index in [1.54, 1.807) is 6.07 Å². The van der Waals surface area contributed by atoms with Crippen molar-refractivity contribution in [1.82, 2.24) is 4.98 Å². The van der Waals surface area contributed by atoms with E-state index in [4.69, 9.17) is 9.47 Å². The van der Waals surface area contributed by atoms with Gasteiger partial charge in [0.05, 0.1) is 19.2 Å². The molecule has 6 heteroatoms. The van der Waals surface area contributed by atoms with Gasteiger partial charge in [0, 0.05) is 17.0 Å². The van der Waals surface area contributed by atoms with E-state index >= 15 is 0 Å². The minimum Gasteiger partial charge on any atom is -0.489 e. The van der Waals surface area contributed by atoms with Gasteiger partial charge in [-0.05, 0) is 70.5 Å². The van der Waals surface area contributed by atoms with E-state index < -0.39 is 5.97 Å². The van der Waals surface area contributed by atoms with E-state index in [1.165, 1.54) is 18.9 Å². The topological polar surface area (TPSA) is 68.7 Å². The molecule has 37 heavy (non-hydrogen) atoms. The van der Waals surface area contributed by atoms with Gasteiger partial charge in [0.25, 0.3) is 0 Å². The second kappa shape index (κ2) is 9.16. The van der Waals surface area contributed by atoms with Crippen molar-refractivity contribution in [3.8, 4) is 22.8 Å². The second-order valence-electron chi connectivity index (χ2n) is 11.7. The Hall–Kier alpha value is -3.41. The lowest BCUT2D eigenvalue weighted by molar-refractivity contribution is -0.139. The molecule has 5 nitrogen and oxygen atoms in total. The first-order chi connectivity index (χ1) is 17.5. The zero-order valence-electron chi connectivity index (χ0n) is 22.1. The first-order valence-electron chi connectivity index (χ1n) is 12.8. The number of pyridine rings is 1. The lowest BCUT2D eigenvalue weighted by Gasteiger charge is -2.22. The summed E-state index contributed by atoms with van der Waals surface area (Å²) >= 11 is 0. The lowest BCUT2D eigenvalue weighted by atomic mass is 9.84. The average molecular weight is 504 g/mol. The maximum atomic E-state index is 14.8. The van der Waals surface area contributed by atoms with E-state index in [-0.39, 0.29) is 28.5 Å². The Morgan fingerprint density at radius 2 is 1.95 bits per heavy atom. The van der Waals surface area contributed by atoms with Gasteiger partial charge in [0.2, 0.25) is 5.88 Å². The molecular formula is C31H34FNO4. The van der Waals surface area contributed by atoms with Crippen molar-refractivity contribution in [3.63, 3.8) is 0 Å². The van der Waals surface area contributed by atoms with Gasteiger partial charge in [0.1, 0.15) is 18.2 Å². The van der Waals surface area contributed by atoms with Crippen LogP contribution in [0.2, 0.25) is 0 Å². The van der Waals surface area contributed by atoms with Gasteiger partial charge < -0.3 is 14.6 Å². The number of fused-ring (bicyclic) bond motifs is 2. The van der Waals surface area contributed by atoms with Crippen LogP contribution in [-0.2, 0) is 29.7 Å². The Morgan fingerprint density at radius 1 is 1.16 bits per heavy atom. The molecule has 1 heterocycles. The van der Waals surface area contributed by atoms with Crippen LogP contribution in [0.1, 0.15) is 56.4 Å². The molecule has 1 aromatic heterocycles. The Bertz CT molecular complexity index is 1360. The molecule has 1 saturated carbocycles. The number of ether oxygens (including phenoxy) is 2. The smallest absolute Gasteiger partial charge is 0.307 e. The predicted octanol–water partition coefficient (Wildman–Crippen LogP) is 6.60. The monoisotopic (exact) mass is 503 g/mol. The van der Waals surface area contributed by atoms with E-state index in [9.17, 15) is 14.3 Å². The summed E-state index contributed by atoms with van der Waals surface area (Å²) in [7, 11) is 1.52. The van der Waals surface area contributed by atoms with Crippen LogP contribution in [0.3, 0.4) is 0 Å². The number of carboxylic acid groups (broad SMARTS) is 1. The molecule has 0 bridgehead atoms. The Balaban J connectivity index is 1.41. The van der Waals surface area contributed by atoms with Gasteiger partial charge in [-0.15, -0.1) is 0 Å². The summed E-state index contributed by atoms with van der Waals surface area (Å²) in [6.07, 6.45) is 3.76. The van der Waals surface area contributed by atoms with Crippen LogP contribution in [0.25, 0.3) is 11.1 Å². The number of carbonyl (C=O) groups is 1. The number of aliphatic carboxylic acids is 1. The van der Waals surface area contributed by atoms with Crippen LogP contribution in [0.5, 0.6) is 11.6 Å². The van der Waals surface area contributed by atoms with Crippen LogP contribution >= 0.6 is 0 Å². The van der Waals surface area contributed by atoms with Gasteiger partial charge in [0.15, 0.2) is 0 Å². The van der Waals surface area contributed by atoms with Crippen molar-refractivity contribution in [2.24, 2.45) is 17.3 Å². The van der Waals surface area contributed by atoms with Crippen molar-refractivity contribution >= 4 is 5.97 Å². The molecule has 1 spiro atoms.